The Morgan fingerprint density at radius 3 is 2.79 bits per heavy atom. The lowest BCUT2D eigenvalue weighted by Crippen LogP contribution is -2.50. The highest BCUT2D eigenvalue weighted by Gasteiger charge is 2.35. The molecule has 1 aromatic heterocycles. The molecule has 2 heterocycles. The van der Waals surface area contributed by atoms with Crippen molar-refractivity contribution >= 4 is 23.3 Å². The van der Waals surface area contributed by atoms with Crippen molar-refractivity contribution in [2.75, 3.05) is 32.8 Å². The van der Waals surface area contributed by atoms with Crippen LogP contribution in [0.4, 0.5) is 4.79 Å². The summed E-state index contributed by atoms with van der Waals surface area (Å²) in [5.41, 5.74) is 3.47. The van der Waals surface area contributed by atoms with Gasteiger partial charge < -0.3 is 19.9 Å². The van der Waals surface area contributed by atoms with Gasteiger partial charge in [-0.2, -0.15) is 0 Å². The van der Waals surface area contributed by atoms with Crippen LogP contribution in [0.15, 0.2) is 29.6 Å². The number of hydrogen-bond donors (Lipinski definition) is 1. The van der Waals surface area contributed by atoms with Gasteiger partial charge in [0.25, 0.3) is 0 Å². The Morgan fingerprint density at radius 1 is 1.24 bits per heavy atom. The molecule has 2 aliphatic rings. The van der Waals surface area contributed by atoms with Crippen LogP contribution in [0.5, 0.6) is 5.75 Å². The van der Waals surface area contributed by atoms with E-state index >= 15 is 0 Å². The molecule has 1 aliphatic carbocycles. The van der Waals surface area contributed by atoms with Crippen LogP contribution >= 0.6 is 11.3 Å². The summed E-state index contributed by atoms with van der Waals surface area (Å²) in [5, 5.41) is 5.04. The van der Waals surface area contributed by atoms with Crippen molar-refractivity contribution in [3.8, 4) is 5.75 Å². The van der Waals surface area contributed by atoms with Crippen molar-refractivity contribution in [2.45, 2.75) is 52.5 Å². The van der Waals surface area contributed by atoms with Crippen LogP contribution < -0.4 is 10.1 Å². The first-order valence-electron chi connectivity index (χ1n) is 12.0. The van der Waals surface area contributed by atoms with Crippen LogP contribution in [0.2, 0.25) is 0 Å². The second kappa shape index (κ2) is 10.6. The molecule has 1 atom stereocenters. The maximum atomic E-state index is 13.5. The van der Waals surface area contributed by atoms with E-state index in [1.54, 1.807) is 16.2 Å². The Bertz CT molecular complexity index is 985. The standard InChI is InChI=1S/C26H35N3O3S/c1-4-11-27-26(31)28(15-20-6-7-20)16-25(30)29-12-9-24-21(10-13-33-24)22(29)17-32-23-8-5-18(2)14-19(23)3/h5,8,10,13-14,20,22H,4,6-7,9,11-12,15-17H2,1-3H3,(H,27,31)/t22-/m0/s1. The van der Waals surface area contributed by atoms with Crippen molar-refractivity contribution in [1.29, 1.82) is 0 Å². The van der Waals surface area contributed by atoms with Crippen LogP contribution in [-0.4, -0.2) is 54.5 Å². The van der Waals surface area contributed by atoms with Crippen LogP contribution in [0, 0.1) is 19.8 Å². The monoisotopic (exact) mass is 469 g/mol. The van der Waals surface area contributed by atoms with E-state index in [4.69, 9.17) is 4.74 Å². The normalized spacial score (nSPS) is 17.4. The lowest BCUT2D eigenvalue weighted by Gasteiger charge is -2.37. The second-order valence-electron chi connectivity index (χ2n) is 9.29. The number of carbonyl (C=O) groups is 2. The van der Waals surface area contributed by atoms with E-state index in [9.17, 15) is 9.59 Å². The minimum Gasteiger partial charge on any atom is -0.491 e. The number of carbonyl (C=O) groups excluding carboxylic acids is 2. The molecule has 0 bridgehead atoms. The van der Waals surface area contributed by atoms with Crippen LogP contribution in [0.25, 0.3) is 0 Å². The van der Waals surface area contributed by atoms with E-state index in [0.29, 0.717) is 32.2 Å². The average molecular weight is 470 g/mol. The first-order chi connectivity index (χ1) is 16.0. The fraction of sp³-hybridized carbons (Fsp3) is 0.538. The maximum Gasteiger partial charge on any atom is 0.317 e. The Balaban J connectivity index is 1.48. The largest absolute Gasteiger partial charge is 0.491 e. The minimum atomic E-state index is -0.144. The highest BCUT2D eigenvalue weighted by Crippen LogP contribution is 2.35. The number of ether oxygens (including phenoxy) is 1. The minimum absolute atomic E-state index is 0.00613. The number of nitrogens with zero attached hydrogens (tertiary/aromatic N) is 2. The predicted molar refractivity (Wildman–Crippen MR) is 132 cm³/mol. The Labute approximate surface area is 200 Å². The molecular formula is C26H35N3O3S. The molecule has 0 spiro atoms. The Kier molecular flexibility index (Phi) is 7.58. The first kappa shape index (κ1) is 23.6. The molecule has 1 saturated carbocycles. The number of hydrogen-bond acceptors (Lipinski definition) is 4. The van der Waals surface area contributed by atoms with Crippen LogP contribution in [-0.2, 0) is 11.2 Å². The summed E-state index contributed by atoms with van der Waals surface area (Å²) in [4.78, 5) is 31.2. The molecule has 1 aromatic carbocycles. The van der Waals surface area contributed by atoms with E-state index < -0.39 is 0 Å². The number of rotatable bonds is 9. The fourth-order valence-corrected chi connectivity index (χ4v) is 5.36. The maximum absolute atomic E-state index is 13.5. The summed E-state index contributed by atoms with van der Waals surface area (Å²) < 4.78 is 6.24. The zero-order valence-corrected chi connectivity index (χ0v) is 20.7. The van der Waals surface area contributed by atoms with Gasteiger partial charge in [0, 0.05) is 24.5 Å². The molecule has 3 amide bonds. The number of thiophene rings is 1. The smallest absolute Gasteiger partial charge is 0.317 e. The highest BCUT2D eigenvalue weighted by molar-refractivity contribution is 7.10. The van der Waals surface area contributed by atoms with Gasteiger partial charge in [0.1, 0.15) is 18.9 Å². The number of benzene rings is 1. The van der Waals surface area contributed by atoms with Gasteiger partial charge in [-0.3, -0.25) is 4.79 Å². The lowest BCUT2D eigenvalue weighted by atomic mass is 10.00. The summed E-state index contributed by atoms with van der Waals surface area (Å²) in [7, 11) is 0. The molecule has 7 heteroatoms. The van der Waals surface area contributed by atoms with E-state index in [0.717, 1.165) is 37.0 Å². The first-order valence-corrected chi connectivity index (χ1v) is 12.9. The number of nitrogens with one attached hydrogen (secondary N) is 1. The summed E-state index contributed by atoms with van der Waals surface area (Å²) in [6, 6.07) is 8.00. The van der Waals surface area contributed by atoms with Gasteiger partial charge in [-0.05, 0) is 74.1 Å². The summed E-state index contributed by atoms with van der Waals surface area (Å²) in [6.07, 6.45) is 4.01. The molecule has 1 N–H and O–H groups in total. The van der Waals surface area contributed by atoms with Gasteiger partial charge in [-0.25, -0.2) is 4.79 Å². The molecule has 4 rings (SSSR count). The molecule has 0 unspecified atom stereocenters. The number of fused-ring (bicyclic) bond motifs is 1. The number of urea groups is 1. The molecule has 2 aromatic rings. The van der Waals surface area contributed by atoms with E-state index in [1.807, 2.05) is 30.9 Å². The molecular weight excluding hydrogens is 434 g/mol. The second-order valence-corrected chi connectivity index (χ2v) is 10.3. The summed E-state index contributed by atoms with van der Waals surface area (Å²) >= 11 is 1.75. The van der Waals surface area contributed by atoms with Gasteiger partial charge >= 0.3 is 6.03 Å². The highest BCUT2D eigenvalue weighted by atomic mass is 32.1. The van der Waals surface area contributed by atoms with Gasteiger partial charge in [0.05, 0.1) is 6.04 Å². The Morgan fingerprint density at radius 2 is 2.06 bits per heavy atom. The van der Waals surface area contributed by atoms with Crippen LogP contribution in [0.1, 0.15) is 53.8 Å². The van der Waals surface area contributed by atoms with E-state index in [-0.39, 0.29) is 24.5 Å². The fourth-order valence-electron chi connectivity index (χ4n) is 4.43. The Hall–Kier alpha value is -2.54. The van der Waals surface area contributed by atoms with E-state index in [2.05, 4.69) is 29.8 Å². The van der Waals surface area contributed by atoms with Gasteiger partial charge in [0.15, 0.2) is 0 Å². The van der Waals surface area contributed by atoms with Gasteiger partial charge in [0.2, 0.25) is 5.91 Å². The van der Waals surface area contributed by atoms with E-state index in [1.165, 1.54) is 16.0 Å². The number of amides is 3. The van der Waals surface area contributed by atoms with Crippen molar-refractivity contribution in [3.05, 3.63) is 51.2 Å². The molecule has 178 valence electrons. The SMILES string of the molecule is CCCNC(=O)N(CC(=O)N1CCc2sccc2[C@@H]1COc1ccc(C)cc1C)CC1CC1. The van der Waals surface area contributed by atoms with Gasteiger partial charge in [-0.1, -0.05) is 24.6 Å². The number of aryl methyl sites for hydroxylation is 2. The lowest BCUT2D eigenvalue weighted by molar-refractivity contribution is -0.135. The van der Waals surface area contributed by atoms with Crippen molar-refractivity contribution in [3.63, 3.8) is 0 Å². The quantitative estimate of drug-likeness (QED) is 0.579. The molecule has 33 heavy (non-hydrogen) atoms. The van der Waals surface area contributed by atoms with Crippen molar-refractivity contribution in [2.24, 2.45) is 5.92 Å². The average Bonchev–Trinajstić information content (AvgIpc) is 3.48. The summed E-state index contributed by atoms with van der Waals surface area (Å²) in [6.45, 7) is 8.61. The van der Waals surface area contributed by atoms with Gasteiger partial charge in [-0.15, -0.1) is 11.3 Å². The molecule has 1 fully saturated rings. The molecule has 0 saturated heterocycles. The van der Waals surface area contributed by atoms with Crippen molar-refractivity contribution in [1.82, 2.24) is 15.1 Å². The zero-order chi connectivity index (χ0) is 23.4. The topological polar surface area (TPSA) is 61.9 Å². The third-order valence-corrected chi connectivity index (χ3v) is 7.45. The van der Waals surface area contributed by atoms with Crippen LogP contribution in [0.3, 0.4) is 0 Å². The molecule has 6 nitrogen and oxygen atoms in total. The third kappa shape index (κ3) is 5.88. The van der Waals surface area contributed by atoms with Crippen molar-refractivity contribution < 1.29 is 14.3 Å². The summed E-state index contributed by atoms with van der Waals surface area (Å²) in [5.74, 6) is 1.37. The zero-order valence-electron chi connectivity index (χ0n) is 19.9. The third-order valence-electron chi connectivity index (χ3n) is 6.46. The molecule has 0 radical (unpaired) electrons. The predicted octanol–water partition coefficient (Wildman–Crippen LogP) is 4.70. The molecule has 1 aliphatic heterocycles.